The highest BCUT2D eigenvalue weighted by atomic mass is 16.5. The summed E-state index contributed by atoms with van der Waals surface area (Å²) in [5.41, 5.74) is 1.01. The van der Waals surface area contributed by atoms with Gasteiger partial charge in [-0.15, -0.1) is 0 Å². The molecule has 1 aromatic rings. The monoisotopic (exact) mass is 306 g/mol. The number of carbonyl (C=O) groups is 1. The molecular weight excluding hydrogens is 280 g/mol. The lowest BCUT2D eigenvalue weighted by molar-refractivity contribution is 0.0842. The summed E-state index contributed by atoms with van der Waals surface area (Å²) in [6, 6.07) is 7.69. The second-order valence-corrected chi connectivity index (χ2v) is 5.75. The molecule has 0 aliphatic carbocycles. The topological polar surface area (TPSA) is 61.8 Å². The van der Waals surface area contributed by atoms with E-state index in [0.29, 0.717) is 19.6 Å². The van der Waals surface area contributed by atoms with Crippen molar-refractivity contribution >= 4 is 6.03 Å². The number of unbranched alkanes of at least 4 members (excludes halogenated alkanes) is 1. The third-order valence-electron chi connectivity index (χ3n) is 3.79. The number of nitrogens with zero attached hydrogens (tertiary/aromatic N) is 1. The van der Waals surface area contributed by atoms with Gasteiger partial charge in [0.25, 0.3) is 0 Å². The minimum Gasteiger partial charge on any atom is -0.494 e. The Labute approximate surface area is 132 Å². The standard InChI is InChI=1S/C17H26N2O3/c1-2-3-10-22-16-8-4-6-14(11-16)12-18-17(21)19-9-5-7-15(20)13-19/h4,6,8,11,15,20H,2-3,5,7,9-10,12-13H2,1H3,(H,18,21). The molecule has 1 aliphatic heterocycles. The Hall–Kier alpha value is -1.75. The van der Waals surface area contributed by atoms with Crippen LogP contribution in [0.3, 0.4) is 0 Å². The van der Waals surface area contributed by atoms with Gasteiger partial charge >= 0.3 is 6.03 Å². The van der Waals surface area contributed by atoms with Gasteiger partial charge in [0.05, 0.1) is 12.7 Å². The average Bonchev–Trinajstić information content (AvgIpc) is 2.53. The average molecular weight is 306 g/mol. The van der Waals surface area contributed by atoms with Crippen LogP contribution in [0.2, 0.25) is 0 Å². The van der Waals surface area contributed by atoms with E-state index < -0.39 is 6.10 Å². The molecule has 1 aliphatic rings. The Balaban J connectivity index is 1.80. The summed E-state index contributed by atoms with van der Waals surface area (Å²) in [6.45, 7) is 4.45. The number of aliphatic hydroxyl groups is 1. The predicted octanol–water partition coefficient (Wildman–Crippen LogP) is 2.53. The normalized spacial score (nSPS) is 18.1. The number of hydrogen-bond donors (Lipinski definition) is 2. The van der Waals surface area contributed by atoms with Gasteiger partial charge in [-0.25, -0.2) is 4.79 Å². The predicted molar refractivity (Wildman–Crippen MR) is 85.9 cm³/mol. The second-order valence-electron chi connectivity index (χ2n) is 5.75. The van der Waals surface area contributed by atoms with Crippen LogP contribution in [0, 0.1) is 0 Å². The van der Waals surface area contributed by atoms with Gasteiger partial charge in [0.1, 0.15) is 5.75 Å². The first-order valence-electron chi connectivity index (χ1n) is 8.11. The number of piperidine rings is 1. The van der Waals surface area contributed by atoms with Crippen LogP contribution in [0.15, 0.2) is 24.3 Å². The molecule has 2 rings (SSSR count). The van der Waals surface area contributed by atoms with Crippen LogP contribution in [0.5, 0.6) is 5.75 Å². The van der Waals surface area contributed by atoms with Crippen molar-refractivity contribution in [1.82, 2.24) is 10.2 Å². The van der Waals surface area contributed by atoms with Gasteiger partial charge in [0.2, 0.25) is 0 Å². The third-order valence-corrected chi connectivity index (χ3v) is 3.79. The van der Waals surface area contributed by atoms with Crippen molar-refractivity contribution in [2.45, 2.75) is 45.3 Å². The molecule has 2 amide bonds. The smallest absolute Gasteiger partial charge is 0.317 e. The van der Waals surface area contributed by atoms with E-state index in [-0.39, 0.29) is 6.03 Å². The van der Waals surface area contributed by atoms with Crippen molar-refractivity contribution in [1.29, 1.82) is 0 Å². The molecule has 5 heteroatoms. The molecule has 0 aromatic heterocycles. The van der Waals surface area contributed by atoms with E-state index in [1.807, 2.05) is 24.3 Å². The van der Waals surface area contributed by atoms with E-state index in [0.717, 1.165) is 43.6 Å². The van der Waals surface area contributed by atoms with Crippen LogP contribution < -0.4 is 10.1 Å². The maximum absolute atomic E-state index is 12.1. The van der Waals surface area contributed by atoms with Crippen molar-refractivity contribution in [2.24, 2.45) is 0 Å². The van der Waals surface area contributed by atoms with Crippen LogP contribution in [-0.4, -0.2) is 41.8 Å². The van der Waals surface area contributed by atoms with E-state index in [1.165, 1.54) is 0 Å². The lowest BCUT2D eigenvalue weighted by Gasteiger charge is -2.30. The summed E-state index contributed by atoms with van der Waals surface area (Å²) in [5.74, 6) is 0.841. The number of aliphatic hydroxyl groups excluding tert-OH is 1. The summed E-state index contributed by atoms with van der Waals surface area (Å²) >= 11 is 0. The number of benzene rings is 1. The Morgan fingerprint density at radius 2 is 2.36 bits per heavy atom. The van der Waals surface area contributed by atoms with E-state index >= 15 is 0 Å². The van der Waals surface area contributed by atoms with E-state index in [9.17, 15) is 9.90 Å². The number of rotatable bonds is 6. The number of carbonyl (C=O) groups excluding carboxylic acids is 1. The number of nitrogens with one attached hydrogen (secondary N) is 1. The van der Waals surface area contributed by atoms with Gasteiger partial charge in [-0.05, 0) is 37.0 Å². The van der Waals surface area contributed by atoms with E-state index in [1.54, 1.807) is 4.90 Å². The fraction of sp³-hybridized carbons (Fsp3) is 0.588. The Morgan fingerprint density at radius 1 is 1.50 bits per heavy atom. The van der Waals surface area contributed by atoms with E-state index in [4.69, 9.17) is 4.74 Å². The molecule has 1 unspecified atom stereocenters. The molecule has 122 valence electrons. The summed E-state index contributed by atoms with van der Waals surface area (Å²) in [4.78, 5) is 13.8. The van der Waals surface area contributed by atoms with Crippen LogP contribution in [-0.2, 0) is 6.54 Å². The minimum absolute atomic E-state index is 0.115. The van der Waals surface area contributed by atoms with Crippen LogP contribution in [0.1, 0.15) is 38.2 Å². The van der Waals surface area contributed by atoms with Crippen molar-refractivity contribution in [3.05, 3.63) is 29.8 Å². The molecular formula is C17H26N2O3. The summed E-state index contributed by atoms with van der Waals surface area (Å²) in [5, 5.41) is 12.5. The first-order chi connectivity index (χ1) is 10.7. The second kappa shape index (κ2) is 8.63. The van der Waals surface area contributed by atoms with Crippen LogP contribution in [0.4, 0.5) is 4.79 Å². The van der Waals surface area contributed by atoms with Crippen molar-refractivity contribution < 1.29 is 14.6 Å². The highest BCUT2D eigenvalue weighted by Crippen LogP contribution is 2.14. The van der Waals surface area contributed by atoms with Gasteiger partial charge in [-0.2, -0.15) is 0 Å². The van der Waals surface area contributed by atoms with Crippen LogP contribution >= 0.6 is 0 Å². The Kier molecular flexibility index (Phi) is 6.52. The number of likely N-dealkylation sites (tertiary alicyclic amines) is 1. The van der Waals surface area contributed by atoms with Crippen molar-refractivity contribution in [2.75, 3.05) is 19.7 Å². The molecule has 1 saturated heterocycles. The minimum atomic E-state index is -0.394. The number of ether oxygens (including phenoxy) is 1. The zero-order valence-electron chi connectivity index (χ0n) is 13.3. The highest BCUT2D eigenvalue weighted by molar-refractivity contribution is 5.74. The molecule has 22 heavy (non-hydrogen) atoms. The first kappa shape index (κ1) is 16.6. The Bertz CT molecular complexity index is 479. The third kappa shape index (κ3) is 5.22. The van der Waals surface area contributed by atoms with Gasteiger partial charge in [0.15, 0.2) is 0 Å². The van der Waals surface area contributed by atoms with Gasteiger partial charge in [-0.1, -0.05) is 25.5 Å². The molecule has 0 saturated carbocycles. The zero-order valence-corrected chi connectivity index (χ0v) is 13.3. The molecule has 1 aromatic carbocycles. The number of amides is 2. The van der Waals surface area contributed by atoms with Crippen molar-refractivity contribution in [3.63, 3.8) is 0 Å². The number of β-amino-alcohol motifs (C(OH)–C–C–N with tert-alkyl or cyclic N) is 1. The largest absolute Gasteiger partial charge is 0.494 e. The first-order valence-corrected chi connectivity index (χ1v) is 8.11. The molecule has 5 nitrogen and oxygen atoms in total. The van der Waals surface area contributed by atoms with Crippen molar-refractivity contribution in [3.8, 4) is 5.75 Å². The van der Waals surface area contributed by atoms with Gasteiger partial charge < -0.3 is 20.1 Å². The maximum Gasteiger partial charge on any atom is 0.317 e. The zero-order chi connectivity index (χ0) is 15.8. The molecule has 1 atom stereocenters. The van der Waals surface area contributed by atoms with Gasteiger partial charge in [-0.3, -0.25) is 0 Å². The summed E-state index contributed by atoms with van der Waals surface area (Å²) in [6.07, 6.45) is 3.39. The van der Waals surface area contributed by atoms with Gasteiger partial charge in [0, 0.05) is 19.6 Å². The summed E-state index contributed by atoms with van der Waals surface area (Å²) < 4.78 is 5.67. The quantitative estimate of drug-likeness (QED) is 0.794. The fourth-order valence-electron chi connectivity index (χ4n) is 2.51. The Morgan fingerprint density at radius 3 is 3.14 bits per heavy atom. The lowest BCUT2D eigenvalue weighted by Crippen LogP contribution is -2.46. The number of hydrogen-bond acceptors (Lipinski definition) is 3. The lowest BCUT2D eigenvalue weighted by atomic mass is 10.1. The molecule has 0 bridgehead atoms. The maximum atomic E-state index is 12.1. The van der Waals surface area contributed by atoms with E-state index in [2.05, 4.69) is 12.2 Å². The molecule has 0 radical (unpaired) electrons. The molecule has 2 N–H and O–H groups in total. The van der Waals surface area contributed by atoms with Crippen LogP contribution in [0.25, 0.3) is 0 Å². The molecule has 1 fully saturated rings. The fourth-order valence-corrected chi connectivity index (χ4v) is 2.51. The summed E-state index contributed by atoms with van der Waals surface area (Å²) in [7, 11) is 0. The molecule has 1 heterocycles. The SMILES string of the molecule is CCCCOc1cccc(CNC(=O)N2CCCC(O)C2)c1. The highest BCUT2D eigenvalue weighted by Gasteiger charge is 2.21. The number of urea groups is 1. The molecule has 0 spiro atoms.